The average Bonchev–Trinajstić information content (AvgIpc) is 3.43. The molecule has 2 aliphatic rings. The molecule has 3 aromatic heterocycles. The van der Waals surface area contributed by atoms with Gasteiger partial charge in [0.2, 0.25) is 21.8 Å². The molecule has 1 aromatic carbocycles. The number of likely N-dealkylation sites (N-methyl/N-ethyl adjacent to an activating group) is 1. The summed E-state index contributed by atoms with van der Waals surface area (Å²) in [6.45, 7) is 5.41. The number of nitrogens with one attached hydrogen (secondary N) is 2. The summed E-state index contributed by atoms with van der Waals surface area (Å²) in [5.41, 5.74) is 1.44. The Morgan fingerprint density at radius 3 is 2.58 bits per heavy atom. The van der Waals surface area contributed by atoms with Gasteiger partial charge in [-0.15, -0.1) is 5.10 Å². The Morgan fingerprint density at radius 2 is 1.91 bits per heavy atom. The number of aryl methyl sites for hydroxylation is 1. The molecule has 1 spiro atoms. The van der Waals surface area contributed by atoms with Gasteiger partial charge in [0.15, 0.2) is 0 Å². The molecule has 5 heterocycles. The number of carbonyl (C=O) groups is 1. The van der Waals surface area contributed by atoms with E-state index in [4.69, 9.17) is 4.74 Å². The Bertz CT molecular complexity index is 1860. The van der Waals surface area contributed by atoms with Crippen molar-refractivity contribution >= 4 is 44.2 Å². The van der Waals surface area contributed by atoms with Crippen LogP contribution in [0.1, 0.15) is 19.4 Å². The second-order valence-electron chi connectivity index (χ2n) is 11.2. The minimum atomic E-state index is -3.70. The molecule has 16 heteroatoms. The molecule has 226 valence electrons. The number of rotatable bonds is 9. The predicted octanol–water partition coefficient (Wildman–Crippen LogP) is 1.44. The number of pyridine rings is 2. The van der Waals surface area contributed by atoms with E-state index in [1.807, 2.05) is 18.7 Å². The number of sulfonamides is 1. The molecule has 0 atom stereocenters. The lowest BCUT2D eigenvalue weighted by Crippen LogP contribution is -2.64. The summed E-state index contributed by atoms with van der Waals surface area (Å²) in [6, 6.07) is 4.69. The van der Waals surface area contributed by atoms with Gasteiger partial charge in [0.1, 0.15) is 23.5 Å². The second-order valence-corrected chi connectivity index (χ2v) is 12.9. The molecule has 43 heavy (non-hydrogen) atoms. The van der Waals surface area contributed by atoms with E-state index in [0.29, 0.717) is 47.7 Å². The van der Waals surface area contributed by atoms with Crippen molar-refractivity contribution in [3.05, 3.63) is 42.0 Å². The van der Waals surface area contributed by atoms with Gasteiger partial charge in [-0.25, -0.2) is 17.8 Å². The maximum atomic E-state index is 15.6. The summed E-state index contributed by atoms with van der Waals surface area (Å²) in [7, 11) is -0.339. The summed E-state index contributed by atoms with van der Waals surface area (Å²) in [5.74, 6) is -0.187. The van der Waals surface area contributed by atoms with E-state index in [1.165, 1.54) is 23.1 Å². The molecule has 1 saturated heterocycles. The minimum Gasteiger partial charge on any atom is -0.475 e. The van der Waals surface area contributed by atoms with Crippen molar-refractivity contribution in [3.63, 3.8) is 0 Å². The Labute approximate surface area is 247 Å². The topological polar surface area (TPSA) is 160 Å². The molecule has 4 aromatic rings. The van der Waals surface area contributed by atoms with E-state index in [-0.39, 0.29) is 35.7 Å². The summed E-state index contributed by atoms with van der Waals surface area (Å²) in [5, 5.41) is 16.0. The fraction of sp³-hybridized carbons (Fsp3) is 0.407. The molecular weight excluding hydrogens is 579 g/mol. The van der Waals surface area contributed by atoms with Crippen molar-refractivity contribution in [1.29, 1.82) is 0 Å². The third-order valence-corrected chi connectivity index (χ3v) is 8.13. The van der Waals surface area contributed by atoms with Crippen LogP contribution >= 0.6 is 0 Å². The maximum Gasteiger partial charge on any atom is 0.266 e. The van der Waals surface area contributed by atoms with Crippen molar-refractivity contribution in [2.24, 2.45) is 7.05 Å². The number of carbonyl (C=O) groups excluding carboxylic acids is 1. The van der Waals surface area contributed by atoms with Crippen molar-refractivity contribution in [1.82, 2.24) is 35.5 Å². The molecule has 0 aliphatic carbocycles. The lowest BCUT2D eigenvalue weighted by molar-refractivity contribution is -0.123. The Balaban J connectivity index is 1.41. The van der Waals surface area contributed by atoms with Gasteiger partial charge < -0.3 is 19.9 Å². The lowest BCUT2D eigenvalue weighted by Gasteiger charge is -2.46. The number of ether oxygens (including phenoxy) is 1. The number of benzene rings is 1. The third kappa shape index (κ3) is 5.09. The van der Waals surface area contributed by atoms with Gasteiger partial charge in [0, 0.05) is 67.1 Å². The van der Waals surface area contributed by atoms with Crippen LogP contribution in [0.5, 0.6) is 5.88 Å². The first-order valence-corrected chi connectivity index (χ1v) is 15.5. The van der Waals surface area contributed by atoms with E-state index in [9.17, 15) is 13.2 Å². The zero-order valence-corrected chi connectivity index (χ0v) is 25.1. The normalized spacial score (nSPS) is 15.8. The zero-order valence-electron chi connectivity index (χ0n) is 24.3. The zero-order chi connectivity index (χ0) is 30.7. The first kappa shape index (κ1) is 28.7. The number of nitrogens with zero attached hydrogens (tertiary/aromatic N) is 8. The van der Waals surface area contributed by atoms with Crippen molar-refractivity contribution < 1.29 is 22.3 Å². The van der Waals surface area contributed by atoms with E-state index in [2.05, 4.69) is 35.4 Å². The highest BCUT2D eigenvalue weighted by Crippen LogP contribution is 2.50. The standard InChI is InChI=1S/C27H31FN10O4S/c1-15(2)29-6-7-42-24-21(34-43(5,40)41)8-16(11-31-24)17-9-18-20(10-19(17)28)30-12-22-23(18)27(25(39)36(22)3)13-38(14-27)26-32-35-37(4)33-26/h8-12,15,29,34H,6-7,13-14H2,1-5H3. The molecule has 1 amide bonds. The van der Waals surface area contributed by atoms with Crippen LogP contribution in [0.4, 0.5) is 21.7 Å². The SMILES string of the molecule is CC(C)NCCOc1ncc(-c2cc3c4c(cnc3cc2F)N(C)C(=O)C42CN(c3nnn(C)n3)C2)cc1NS(C)(=O)=O. The van der Waals surface area contributed by atoms with Gasteiger partial charge in [0.05, 0.1) is 30.7 Å². The van der Waals surface area contributed by atoms with Crippen molar-refractivity contribution in [2.45, 2.75) is 25.3 Å². The van der Waals surface area contributed by atoms with Crippen molar-refractivity contribution in [3.8, 4) is 17.0 Å². The van der Waals surface area contributed by atoms with E-state index in [0.717, 1.165) is 11.8 Å². The van der Waals surface area contributed by atoms with E-state index < -0.39 is 21.3 Å². The Kier molecular flexibility index (Phi) is 6.92. The van der Waals surface area contributed by atoms with Crippen LogP contribution in [0.2, 0.25) is 0 Å². The van der Waals surface area contributed by atoms with Crippen LogP contribution in [0.25, 0.3) is 22.0 Å². The summed E-state index contributed by atoms with van der Waals surface area (Å²) in [4.78, 5) is 27.2. The molecule has 0 radical (unpaired) electrons. The number of anilines is 3. The number of aromatic nitrogens is 6. The molecular formula is C27H31FN10O4S. The smallest absolute Gasteiger partial charge is 0.266 e. The number of fused-ring (bicyclic) bond motifs is 4. The van der Waals surface area contributed by atoms with Crippen LogP contribution in [-0.2, 0) is 27.3 Å². The quantitative estimate of drug-likeness (QED) is 0.264. The number of tetrazole rings is 1. The largest absolute Gasteiger partial charge is 0.475 e. The first-order valence-electron chi connectivity index (χ1n) is 13.6. The molecule has 2 aliphatic heterocycles. The van der Waals surface area contributed by atoms with Crippen LogP contribution in [0.15, 0.2) is 30.6 Å². The van der Waals surface area contributed by atoms with Gasteiger partial charge in [-0.05, 0) is 17.3 Å². The number of hydrogen-bond donors (Lipinski definition) is 2. The van der Waals surface area contributed by atoms with Crippen LogP contribution in [0.3, 0.4) is 0 Å². The molecule has 1 fully saturated rings. The monoisotopic (exact) mass is 610 g/mol. The van der Waals surface area contributed by atoms with Gasteiger partial charge in [0.25, 0.3) is 5.95 Å². The van der Waals surface area contributed by atoms with E-state index >= 15 is 4.39 Å². The van der Waals surface area contributed by atoms with Crippen molar-refractivity contribution in [2.75, 3.05) is 54.1 Å². The average molecular weight is 611 g/mol. The predicted molar refractivity (Wildman–Crippen MR) is 158 cm³/mol. The number of amides is 1. The highest BCUT2D eigenvalue weighted by Gasteiger charge is 2.59. The van der Waals surface area contributed by atoms with Gasteiger partial charge in [-0.1, -0.05) is 18.9 Å². The maximum absolute atomic E-state index is 15.6. The summed E-state index contributed by atoms with van der Waals surface area (Å²) in [6.07, 6.45) is 4.03. The highest BCUT2D eigenvalue weighted by atomic mass is 32.2. The highest BCUT2D eigenvalue weighted by molar-refractivity contribution is 7.92. The molecule has 0 unspecified atom stereocenters. The second kappa shape index (κ2) is 10.4. The number of hydrogen-bond acceptors (Lipinski definition) is 11. The third-order valence-electron chi connectivity index (χ3n) is 7.54. The Hall–Kier alpha value is -4.44. The number of halogens is 1. The molecule has 6 rings (SSSR count). The van der Waals surface area contributed by atoms with Crippen LogP contribution in [0, 0.1) is 5.82 Å². The van der Waals surface area contributed by atoms with Gasteiger partial charge in [-0.3, -0.25) is 14.5 Å². The van der Waals surface area contributed by atoms with Gasteiger partial charge >= 0.3 is 0 Å². The Morgan fingerprint density at radius 1 is 1.14 bits per heavy atom. The molecule has 14 nitrogen and oxygen atoms in total. The molecule has 2 N–H and O–H groups in total. The minimum absolute atomic E-state index is 0.0711. The fourth-order valence-corrected chi connectivity index (χ4v) is 6.19. The summed E-state index contributed by atoms with van der Waals surface area (Å²) < 4.78 is 48.1. The lowest BCUT2D eigenvalue weighted by atomic mass is 9.73. The first-order chi connectivity index (χ1) is 20.4. The van der Waals surface area contributed by atoms with Crippen LogP contribution in [-0.4, -0.2) is 90.1 Å². The molecule has 0 bridgehead atoms. The fourth-order valence-electron chi connectivity index (χ4n) is 5.64. The molecule has 0 saturated carbocycles. The van der Waals surface area contributed by atoms with E-state index in [1.54, 1.807) is 31.3 Å². The van der Waals surface area contributed by atoms with Crippen LogP contribution < -0.4 is 24.6 Å². The summed E-state index contributed by atoms with van der Waals surface area (Å²) >= 11 is 0. The van der Waals surface area contributed by atoms with Gasteiger partial charge in [-0.2, -0.15) is 4.80 Å².